The fraction of sp³-hybridized carbons (Fsp3) is 0.462. The molecule has 1 atom stereocenters. The van der Waals surface area contributed by atoms with Gasteiger partial charge in [0, 0.05) is 13.1 Å². The molecule has 1 amide bonds. The van der Waals surface area contributed by atoms with Crippen molar-refractivity contribution in [3.8, 4) is 0 Å². The van der Waals surface area contributed by atoms with Crippen LogP contribution in [0.3, 0.4) is 0 Å². The van der Waals surface area contributed by atoms with E-state index in [1.54, 1.807) is 0 Å². The summed E-state index contributed by atoms with van der Waals surface area (Å²) in [6.07, 6.45) is 0.731. The SMILES string of the molecule is CCN(OC)C(=O)[C@@H]1Cc2ccccc2CN1. The van der Waals surface area contributed by atoms with Gasteiger partial charge in [0.15, 0.2) is 0 Å². The Morgan fingerprint density at radius 3 is 2.82 bits per heavy atom. The quantitative estimate of drug-likeness (QED) is 0.797. The lowest BCUT2D eigenvalue weighted by atomic mass is 9.95. The lowest BCUT2D eigenvalue weighted by molar-refractivity contribution is -0.177. The van der Waals surface area contributed by atoms with Gasteiger partial charge in [-0.25, -0.2) is 5.06 Å². The molecule has 0 unspecified atom stereocenters. The highest BCUT2D eigenvalue weighted by atomic mass is 16.7. The lowest BCUT2D eigenvalue weighted by Gasteiger charge is -2.29. The van der Waals surface area contributed by atoms with Crippen molar-refractivity contribution in [2.45, 2.75) is 25.9 Å². The third kappa shape index (κ3) is 2.48. The molecule has 2 rings (SSSR count). The smallest absolute Gasteiger partial charge is 0.263 e. The number of nitrogens with one attached hydrogen (secondary N) is 1. The van der Waals surface area contributed by atoms with Crippen molar-refractivity contribution < 1.29 is 9.63 Å². The zero-order valence-corrected chi connectivity index (χ0v) is 10.3. The van der Waals surface area contributed by atoms with Gasteiger partial charge in [0.05, 0.1) is 13.2 Å². The fourth-order valence-electron chi connectivity index (χ4n) is 2.18. The van der Waals surface area contributed by atoms with Gasteiger partial charge in [0.2, 0.25) is 0 Å². The highest BCUT2D eigenvalue weighted by Crippen LogP contribution is 2.17. The minimum atomic E-state index is -0.176. The Bertz CT molecular complexity index is 402. The van der Waals surface area contributed by atoms with Crippen molar-refractivity contribution >= 4 is 5.91 Å². The lowest BCUT2D eigenvalue weighted by Crippen LogP contribution is -2.49. The van der Waals surface area contributed by atoms with Gasteiger partial charge in [0.25, 0.3) is 5.91 Å². The van der Waals surface area contributed by atoms with Crippen molar-refractivity contribution in [3.05, 3.63) is 35.4 Å². The van der Waals surface area contributed by atoms with Crippen LogP contribution < -0.4 is 5.32 Å². The molecule has 1 aliphatic rings. The standard InChI is InChI=1S/C13H18N2O2/c1-3-15(17-2)13(16)12-8-10-6-4-5-7-11(10)9-14-12/h4-7,12,14H,3,8-9H2,1-2H3/t12-/m0/s1. The van der Waals surface area contributed by atoms with E-state index in [4.69, 9.17) is 4.84 Å². The number of hydrogen-bond donors (Lipinski definition) is 1. The number of benzene rings is 1. The summed E-state index contributed by atoms with van der Waals surface area (Å²) >= 11 is 0. The van der Waals surface area contributed by atoms with Gasteiger partial charge in [-0.2, -0.15) is 0 Å². The molecule has 92 valence electrons. The normalized spacial score (nSPS) is 18.6. The van der Waals surface area contributed by atoms with Crippen molar-refractivity contribution in [1.82, 2.24) is 10.4 Å². The maximum atomic E-state index is 12.1. The molecule has 0 radical (unpaired) electrons. The zero-order chi connectivity index (χ0) is 12.3. The second-order valence-corrected chi connectivity index (χ2v) is 4.12. The molecular formula is C13H18N2O2. The number of carbonyl (C=O) groups is 1. The van der Waals surface area contributed by atoms with Crippen LogP contribution >= 0.6 is 0 Å². The number of rotatable bonds is 3. The molecule has 0 saturated heterocycles. The molecule has 0 bridgehead atoms. The van der Waals surface area contributed by atoms with Crippen LogP contribution in [-0.2, 0) is 22.6 Å². The average Bonchev–Trinajstić information content (AvgIpc) is 2.39. The molecule has 0 fully saturated rings. The number of nitrogens with zero attached hydrogens (tertiary/aromatic N) is 1. The topological polar surface area (TPSA) is 41.6 Å². The second kappa shape index (κ2) is 5.29. The van der Waals surface area contributed by atoms with Crippen LogP contribution in [0, 0.1) is 0 Å². The van der Waals surface area contributed by atoms with Gasteiger partial charge in [-0.15, -0.1) is 0 Å². The van der Waals surface area contributed by atoms with Crippen LogP contribution in [0.1, 0.15) is 18.1 Å². The van der Waals surface area contributed by atoms with Crippen LogP contribution in [0.2, 0.25) is 0 Å². The first-order valence-electron chi connectivity index (χ1n) is 5.92. The number of fused-ring (bicyclic) bond motifs is 1. The number of carbonyl (C=O) groups excluding carboxylic acids is 1. The van der Waals surface area contributed by atoms with Crippen molar-refractivity contribution in [3.63, 3.8) is 0 Å². The highest BCUT2D eigenvalue weighted by Gasteiger charge is 2.27. The van der Waals surface area contributed by atoms with Gasteiger partial charge < -0.3 is 5.32 Å². The summed E-state index contributed by atoms with van der Waals surface area (Å²) < 4.78 is 0. The molecule has 1 aromatic rings. The molecule has 1 aromatic carbocycles. The van der Waals surface area contributed by atoms with E-state index >= 15 is 0 Å². The molecule has 4 nitrogen and oxygen atoms in total. The second-order valence-electron chi connectivity index (χ2n) is 4.12. The van der Waals surface area contributed by atoms with Gasteiger partial charge in [-0.1, -0.05) is 24.3 Å². The predicted molar refractivity (Wildman–Crippen MR) is 65.2 cm³/mol. The predicted octanol–water partition coefficient (Wildman–Crippen LogP) is 1.11. The molecule has 1 N–H and O–H groups in total. The minimum Gasteiger partial charge on any atom is -0.301 e. The summed E-state index contributed by atoms with van der Waals surface area (Å²) in [4.78, 5) is 17.2. The molecule has 0 aliphatic carbocycles. The van der Waals surface area contributed by atoms with Crippen LogP contribution in [0.4, 0.5) is 0 Å². The number of hydrogen-bond acceptors (Lipinski definition) is 3. The molecule has 1 aliphatic heterocycles. The number of amides is 1. The maximum Gasteiger partial charge on any atom is 0.263 e. The van der Waals surface area contributed by atoms with Crippen LogP contribution in [-0.4, -0.2) is 30.7 Å². The fourth-order valence-corrected chi connectivity index (χ4v) is 2.18. The van der Waals surface area contributed by atoms with E-state index in [2.05, 4.69) is 17.4 Å². The van der Waals surface area contributed by atoms with Crippen molar-refractivity contribution in [2.24, 2.45) is 0 Å². The first kappa shape index (κ1) is 12.1. The third-order valence-electron chi connectivity index (χ3n) is 3.13. The van der Waals surface area contributed by atoms with Gasteiger partial charge in [0.1, 0.15) is 0 Å². The largest absolute Gasteiger partial charge is 0.301 e. The minimum absolute atomic E-state index is 0.00417. The van der Waals surface area contributed by atoms with E-state index in [0.29, 0.717) is 6.54 Å². The van der Waals surface area contributed by atoms with Gasteiger partial charge >= 0.3 is 0 Å². The van der Waals surface area contributed by atoms with Crippen LogP contribution in [0.15, 0.2) is 24.3 Å². The summed E-state index contributed by atoms with van der Waals surface area (Å²) in [5, 5.41) is 4.65. The summed E-state index contributed by atoms with van der Waals surface area (Å²) in [7, 11) is 1.53. The number of hydroxylamine groups is 2. The average molecular weight is 234 g/mol. The summed E-state index contributed by atoms with van der Waals surface area (Å²) in [6, 6.07) is 8.04. The Labute approximate surface area is 102 Å². The van der Waals surface area contributed by atoms with Crippen molar-refractivity contribution in [2.75, 3.05) is 13.7 Å². The van der Waals surface area contributed by atoms with E-state index in [-0.39, 0.29) is 11.9 Å². The molecule has 17 heavy (non-hydrogen) atoms. The van der Waals surface area contributed by atoms with E-state index in [9.17, 15) is 4.79 Å². The van der Waals surface area contributed by atoms with Crippen molar-refractivity contribution in [1.29, 1.82) is 0 Å². The number of likely N-dealkylation sites (N-methyl/N-ethyl adjacent to an activating group) is 1. The van der Waals surface area contributed by atoms with E-state index in [1.807, 2.05) is 19.1 Å². The molecule has 0 saturated carbocycles. The molecule has 1 heterocycles. The highest BCUT2D eigenvalue weighted by molar-refractivity contribution is 5.81. The third-order valence-corrected chi connectivity index (χ3v) is 3.13. The van der Waals surface area contributed by atoms with E-state index in [1.165, 1.54) is 23.3 Å². The van der Waals surface area contributed by atoms with Crippen LogP contribution in [0.25, 0.3) is 0 Å². The van der Waals surface area contributed by atoms with Gasteiger partial charge in [-0.3, -0.25) is 9.63 Å². The Hall–Kier alpha value is -1.39. The van der Waals surface area contributed by atoms with Gasteiger partial charge in [-0.05, 0) is 24.5 Å². The molecule has 0 aromatic heterocycles. The summed E-state index contributed by atoms with van der Waals surface area (Å²) in [6.45, 7) is 3.21. The Balaban J connectivity index is 2.09. The summed E-state index contributed by atoms with van der Waals surface area (Å²) in [5.41, 5.74) is 2.52. The summed E-state index contributed by atoms with van der Waals surface area (Å²) in [5.74, 6) is 0.00417. The Kier molecular flexibility index (Phi) is 3.76. The first-order valence-corrected chi connectivity index (χ1v) is 5.92. The first-order chi connectivity index (χ1) is 8.26. The van der Waals surface area contributed by atoms with E-state index < -0.39 is 0 Å². The van der Waals surface area contributed by atoms with Crippen LogP contribution in [0.5, 0.6) is 0 Å². The maximum absolute atomic E-state index is 12.1. The monoisotopic (exact) mass is 234 g/mol. The molecule has 4 heteroatoms. The van der Waals surface area contributed by atoms with E-state index in [0.717, 1.165) is 13.0 Å². The zero-order valence-electron chi connectivity index (χ0n) is 10.3. The Morgan fingerprint density at radius 2 is 2.18 bits per heavy atom. The Morgan fingerprint density at radius 1 is 1.47 bits per heavy atom. The molecular weight excluding hydrogens is 216 g/mol. The molecule has 0 spiro atoms.